The van der Waals surface area contributed by atoms with Crippen molar-refractivity contribution in [2.45, 2.75) is 52.7 Å². The van der Waals surface area contributed by atoms with Crippen molar-refractivity contribution in [2.75, 3.05) is 17.1 Å². The van der Waals surface area contributed by atoms with Gasteiger partial charge in [-0.15, -0.1) is 0 Å². The van der Waals surface area contributed by atoms with Gasteiger partial charge in [0.1, 0.15) is 18.4 Å². The molecule has 0 aromatic heterocycles. The van der Waals surface area contributed by atoms with E-state index in [1.54, 1.807) is 6.92 Å². The molecule has 2 atom stereocenters. The molecule has 0 spiro atoms. The molecule has 2 aromatic carbocycles. The Morgan fingerprint density at radius 2 is 1.67 bits per heavy atom. The monoisotopic (exact) mass is 477 g/mol. The summed E-state index contributed by atoms with van der Waals surface area (Å²) in [6.45, 7) is 6.97. The van der Waals surface area contributed by atoms with Crippen molar-refractivity contribution in [2.24, 2.45) is 0 Å². The number of amides is 2. The predicted octanol–water partition coefficient (Wildman–Crippen LogP) is 3.23. The molecule has 0 aliphatic rings. The normalized spacial score (nSPS) is 13.2. The molecule has 33 heavy (non-hydrogen) atoms. The third kappa shape index (κ3) is 7.28. The number of sulfonamides is 1. The van der Waals surface area contributed by atoms with Gasteiger partial charge in [-0.1, -0.05) is 31.2 Å². The largest absolute Gasteiger partial charge is 0.352 e. The summed E-state index contributed by atoms with van der Waals surface area (Å²) in [6, 6.07) is 11.5. The summed E-state index contributed by atoms with van der Waals surface area (Å²) >= 11 is 0. The molecule has 0 saturated heterocycles. The molecule has 7 nitrogen and oxygen atoms in total. The van der Waals surface area contributed by atoms with Crippen LogP contribution in [0.5, 0.6) is 0 Å². The average Bonchev–Trinajstić information content (AvgIpc) is 2.76. The van der Waals surface area contributed by atoms with Crippen LogP contribution in [-0.4, -0.2) is 50.0 Å². The number of anilines is 1. The van der Waals surface area contributed by atoms with Gasteiger partial charge in [-0.25, -0.2) is 12.8 Å². The summed E-state index contributed by atoms with van der Waals surface area (Å²) in [5.41, 5.74) is 1.96. The first-order chi connectivity index (χ1) is 15.4. The Morgan fingerprint density at radius 3 is 2.21 bits per heavy atom. The Balaban J connectivity index is 2.39. The van der Waals surface area contributed by atoms with E-state index in [0.717, 1.165) is 40.2 Å². The van der Waals surface area contributed by atoms with Gasteiger partial charge in [0.25, 0.3) is 0 Å². The lowest BCUT2D eigenvalue weighted by Crippen LogP contribution is -2.52. The standard InChI is InChI=1S/C24H32FN3O4S/c1-6-18(3)26-24(30)19(4)27(15-20-10-8-7-9-17(20)2)23(29)16-28(33(5,31)32)22-13-11-21(25)12-14-22/h7-14,18-19H,6,15-16H2,1-5H3,(H,26,30)/t18-,19+/m1/s1. The van der Waals surface area contributed by atoms with Gasteiger partial charge in [0.2, 0.25) is 21.8 Å². The summed E-state index contributed by atoms with van der Waals surface area (Å²) in [7, 11) is -3.85. The van der Waals surface area contributed by atoms with Crippen LogP contribution in [0.25, 0.3) is 0 Å². The van der Waals surface area contributed by atoms with E-state index < -0.39 is 34.3 Å². The van der Waals surface area contributed by atoms with Crippen molar-refractivity contribution in [1.82, 2.24) is 10.2 Å². The number of hydrogen-bond donors (Lipinski definition) is 1. The number of halogens is 1. The number of hydrogen-bond acceptors (Lipinski definition) is 4. The summed E-state index contributed by atoms with van der Waals surface area (Å²) in [5.74, 6) is -1.38. The second-order valence-electron chi connectivity index (χ2n) is 8.19. The second kappa shape index (κ2) is 11.3. The van der Waals surface area contributed by atoms with Gasteiger partial charge in [0.15, 0.2) is 0 Å². The summed E-state index contributed by atoms with van der Waals surface area (Å²) in [5, 5.41) is 2.88. The molecule has 2 rings (SSSR count). The molecule has 0 bridgehead atoms. The molecule has 2 amide bonds. The number of carbonyl (C=O) groups is 2. The van der Waals surface area contributed by atoms with Crippen LogP contribution in [0.3, 0.4) is 0 Å². The Kier molecular flexibility index (Phi) is 8.99. The first kappa shape index (κ1) is 26.3. The number of nitrogens with zero attached hydrogens (tertiary/aromatic N) is 2. The van der Waals surface area contributed by atoms with Gasteiger partial charge in [0.05, 0.1) is 11.9 Å². The summed E-state index contributed by atoms with van der Waals surface area (Å²) in [6.07, 6.45) is 1.71. The Bertz CT molecular complexity index is 1070. The minimum Gasteiger partial charge on any atom is -0.352 e. The lowest BCUT2D eigenvalue weighted by molar-refractivity contribution is -0.139. The molecular weight excluding hydrogens is 445 g/mol. The Hall–Kier alpha value is -2.94. The van der Waals surface area contributed by atoms with Gasteiger partial charge in [-0.2, -0.15) is 0 Å². The highest BCUT2D eigenvalue weighted by Gasteiger charge is 2.30. The second-order valence-corrected chi connectivity index (χ2v) is 10.1. The zero-order valence-corrected chi connectivity index (χ0v) is 20.5. The van der Waals surface area contributed by atoms with Gasteiger partial charge in [-0.3, -0.25) is 13.9 Å². The lowest BCUT2D eigenvalue weighted by atomic mass is 10.1. The predicted molar refractivity (Wildman–Crippen MR) is 128 cm³/mol. The number of rotatable bonds is 10. The molecule has 0 radical (unpaired) electrons. The molecule has 180 valence electrons. The molecule has 1 N–H and O–H groups in total. The maximum absolute atomic E-state index is 13.4. The quantitative estimate of drug-likeness (QED) is 0.569. The highest BCUT2D eigenvalue weighted by Crippen LogP contribution is 2.20. The molecule has 0 aliphatic heterocycles. The summed E-state index contributed by atoms with van der Waals surface area (Å²) < 4.78 is 39.2. The molecular formula is C24H32FN3O4S. The van der Waals surface area contributed by atoms with Gasteiger partial charge in [-0.05, 0) is 62.6 Å². The van der Waals surface area contributed by atoms with Crippen LogP contribution in [0.4, 0.5) is 10.1 Å². The zero-order chi connectivity index (χ0) is 24.8. The number of aryl methyl sites for hydroxylation is 1. The van der Waals surface area contributed by atoms with E-state index in [-0.39, 0.29) is 24.2 Å². The van der Waals surface area contributed by atoms with Gasteiger partial charge >= 0.3 is 0 Å². The molecule has 0 unspecified atom stereocenters. The van der Waals surface area contributed by atoms with Crippen LogP contribution in [0.1, 0.15) is 38.3 Å². The number of nitrogens with one attached hydrogen (secondary N) is 1. The average molecular weight is 478 g/mol. The third-order valence-electron chi connectivity index (χ3n) is 5.56. The van der Waals surface area contributed by atoms with E-state index in [2.05, 4.69) is 5.32 Å². The van der Waals surface area contributed by atoms with Crippen molar-refractivity contribution in [1.29, 1.82) is 0 Å². The van der Waals surface area contributed by atoms with E-state index in [1.165, 1.54) is 17.0 Å². The van der Waals surface area contributed by atoms with Gasteiger partial charge in [0, 0.05) is 12.6 Å². The van der Waals surface area contributed by atoms with E-state index in [1.807, 2.05) is 45.0 Å². The molecule has 9 heteroatoms. The van der Waals surface area contributed by atoms with Crippen molar-refractivity contribution in [3.63, 3.8) is 0 Å². The molecule has 0 heterocycles. The first-order valence-electron chi connectivity index (χ1n) is 10.8. The molecule has 0 fully saturated rings. The molecule has 0 aliphatic carbocycles. The maximum Gasteiger partial charge on any atom is 0.244 e. The SMILES string of the molecule is CC[C@@H](C)NC(=O)[C@H](C)N(Cc1ccccc1C)C(=O)CN(c1ccc(F)cc1)S(C)(=O)=O. The van der Waals surface area contributed by atoms with Gasteiger partial charge < -0.3 is 10.2 Å². The zero-order valence-electron chi connectivity index (χ0n) is 19.7. The summed E-state index contributed by atoms with van der Waals surface area (Å²) in [4.78, 5) is 27.6. The van der Waals surface area contributed by atoms with Crippen LogP contribution in [0.2, 0.25) is 0 Å². The van der Waals surface area contributed by atoms with Crippen molar-refractivity contribution in [3.05, 3.63) is 65.5 Å². The van der Waals surface area contributed by atoms with Crippen molar-refractivity contribution >= 4 is 27.5 Å². The maximum atomic E-state index is 13.4. The van der Waals surface area contributed by atoms with Crippen molar-refractivity contribution < 1.29 is 22.4 Å². The Labute approximate surface area is 195 Å². The topological polar surface area (TPSA) is 86.8 Å². The van der Waals surface area contributed by atoms with E-state index >= 15 is 0 Å². The van der Waals surface area contributed by atoms with E-state index in [4.69, 9.17) is 0 Å². The fourth-order valence-electron chi connectivity index (χ4n) is 3.24. The molecule has 0 saturated carbocycles. The van der Waals surface area contributed by atoms with Crippen LogP contribution in [-0.2, 0) is 26.2 Å². The van der Waals surface area contributed by atoms with Crippen LogP contribution >= 0.6 is 0 Å². The van der Waals surface area contributed by atoms with Crippen LogP contribution in [0, 0.1) is 12.7 Å². The minimum atomic E-state index is -3.85. The highest BCUT2D eigenvalue weighted by atomic mass is 32.2. The highest BCUT2D eigenvalue weighted by molar-refractivity contribution is 7.92. The Morgan fingerprint density at radius 1 is 1.06 bits per heavy atom. The number of benzene rings is 2. The number of carbonyl (C=O) groups excluding carboxylic acids is 2. The van der Waals surface area contributed by atoms with Crippen LogP contribution < -0.4 is 9.62 Å². The van der Waals surface area contributed by atoms with E-state index in [0.29, 0.717) is 0 Å². The van der Waals surface area contributed by atoms with Crippen LogP contribution in [0.15, 0.2) is 48.5 Å². The fourth-order valence-corrected chi connectivity index (χ4v) is 4.09. The lowest BCUT2D eigenvalue weighted by Gasteiger charge is -2.32. The van der Waals surface area contributed by atoms with Crippen molar-refractivity contribution in [3.8, 4) is 0 Å². The van der Waals surface area contributed by atoms with E-state index in [9.17, 15) is 22.4 Å². The minimum absolute atomic E-state index is 0.0675. The fraction of sp³-hybridized carbons (Fsp3) is 0.417. The third-order valence-corrected chi connectivity index (χ3v) is 6.70. The first-order valence-corrected chi connectivity index (χ1v) is 12.7. The molecule has 2 aromatic rings. The smallest absolute Gasteiger partial charge is 0.244 e.